The van der Waals surface area contributed by atoms with Crippen molar-refractivity contribution in [2.75, 3.05) is 13.2 Å². The number of unbranched alkanes of at least 4 members (excludes halogenated alkanes) is 16. The van der Waals surface area contributed by atoms with Crippen LogP contribution in [-0.2, 0) is 23.9 Å². The van der Waals surface area contributed by atoms with E-state index in [9.17, 15) is 29.7 Å². The Morgan fingerprint density at radius 1 is 0.784 bits per heavy atom. The fraction of sp³-hybridized carbons (Fsp3) is 0.837. The first-order chi connectivity index (χ1) is 24.7. The summed E-state index contributed by atoms with van der Waals surface area (Å²) in [6, 6.07) is 0. The van der Waals surface area contributed by atoms with E-state index in [4.69, 9.17) is 9.47 Å². The molecule has 1 saturated carbocycles. The molecule has 0 unspecified atom stereocenters. The zero-order chi connectivity index (χ0) is 37.5. The Kier molecular flexibility index (Phi) is 29.0. The summed E-state index contributed by atoms with van der Waals surface area (Å²) >= 11 is 0. The Labute approximate surface area is 311 Å². The predicted molar refractivity (Wildman–Crippen MR) is 206 cm³/mol. The lowest BCUT2D eigenvalue weighted by Gasteiger charge is -2.16. The van der Waals surface area contributed by atoms with Crippen LogP contribution in [0.25, 0.3) is 0 Å². The number of hydrogen-bond donors (Lipinski definition) is 3. The number of carbonyl (C=O) groups is 3. The van der Waals surface area contributed by atoms with Gasteiger partial charge in [0.15, 0.2) is 6.10 Å². The molecule has 1 rings (SSSR count). The van der Waals surface area contributed by atoms with Gasteiger partial charge in [0.2, 0.25) is 0 Å². The van der Waals surface area contributed by atoms with Gasteiger partial charge >= 0.3 is 11.9 Å². The summed E-state index contributed by atoms with van der Waals surface area (Å²) < 4.78 is 10.6. The normalized spacial score (nSPS) is 19.0. The van der Waals surface area contributed by atoms with Crippen LogP contribution >= 0.6 is 0 Å². The predicted octanol–water partition coefficient (Wildman–Crippen LogP) is 9.51. The van der Waals surface area contributed by atoms with Gasteiger partial charge in [-0.3, -0.25) is 14.4 Å². The van der Waals surface area contributed by atoms with Gasteiger partial charge in [0.05, 0.1) is 18.8 Å². The number of rotatable bonds is 33. The number of Topliss-reactive ketones (excluding diaryl/α,β-unsaturated/α-hetero) is 1. The number of aliphatic hydroxyl groups excluding tert-OH is 3. The molecule has 1 aliphatic carbocycles. The van der Waals surface area contributed by atoms with Crippen LogP contribution in [0, 0.1) is 17.8 Å². The SMILES string of the molecule is CCCCC[C@H](O)/C=C/[C@H]1[C@H](O)CC(=O)[C@@H]1C/C=C\CCCC(=O)O[C@@H](CO)COC(=O)CCCCCCCCCCCCCCCCC(C)C. The second-order valence-electron chi connectivity index (χ2n) is 15.3. The topological polar surface area (TPSA) is 130 Å². The first kappa shape index (κ1) is 47.0. The maximum atomic E-state index is 12.5. The lowest BCUT2D eigenvalue weighted by molar-refractivity contribution is -0.161. The lowest BCUT2D eigenvalue weighted by Crippen LogP contribution is -2.28. The van der Waals surface area contributed by atoms with Gasteiger partial charge in [-0.15, -0.1) is 0 Å². The van der Waals surface area contributed by atoms with Crippen molar-refractivity contribution in [3.63, 3.8) is 0 Å². The van der Waals surface area contributed by atoms with Crippen LogP contribution in [0.2, 0.25) is 0 Å². The first-order valence-electron chi connectivity index (χ1n) is 20.9. The van der Waals surface area contributed by atoms with E-state index in [0.29, 0.717) is 32.1 Å². The third-order valence-electron chi connectivity index (χ3n) is 10.0. The van der Waals surface area contributed by atoms with Gasteiger partial charge in [-0.05, 0) is 38.0 Å². The number of aliphatic hydroxyl groups is 3. The van der Waals surface area contributed by atoms with Crippen LogP contribution in [0.15, 0.2) is 24.3 Å². The number of hydrogen-bond acceptors (Lipinski definition) is 8. The van der Waals surface area contributed by atoms with E-state index in [-0.39, 0.29) is 43.0 Å². The Morgan fingerprint density at radius 2 is 1.35 bits per heavy atom. The molecule has 0 aromatic carbocycles. The summed E-state index contributed by atoms with van der Waals surface area (Å²) in [6.07, 6.45) is 30.3. The largest absolute Gasteiger partial charge is 0.462 e. The molecule has 0 heterocycles. The minimum atomic E-state index is -0.873. The van der Waals surface area contributed by atoms with E-state index in [0.717, 1.165) is 44.4 Å². The van der Waals surface area contributed by atoms with Gasteiger partial charge in [0, 0.05) is 31.1 Å². The van der Waals surface area contributed by atoms with Gasteiger partial charge in [-0.2, -0.15) is 0 Å². The second-order valence-corrected chi connectivity index (χ2v) is 15.3. The third-order valence-corrected chi connectivity index (χ3v) is 10.0. The van der Waals surface area contributed by atoms with Crippen LogP contribution in [0.1, 0.15) is 181 Å². The van der Waals surface area contributed by atoms with Crippen LogP contribution in [0.5, 0.6) is 0 Å². The summed E-state index contributed by atoms with van der Waals surface area (Å²) in [7, 11) is 0. The van der Waals surface area contributed by atoms with Crippen LogP contribution < -0.4 is 0 Å². The summed E-state index contributed by atoms with van der Waals surface area (Å²) in [6.45, 7) is 6.16. The molecule has 1 fully saturated rings. The highest BCUT2D eigenvalue weighted by atomic mass is 16.6. The molecule has 0 aromatic heterocycles. The van der Waals surface area contributed by atoms with Crippen molar-refractivity contribution in [1.82, 2.24) is 0 Å². The van der Waals surface area contributed by atoms with Gasteiger partial charge in [-0.1, -0.05) is 154 Å². The number of ether oxygens (including phenoxy) is 2. The molecule has 0 aromatic rings. The van der Waals surface area contributed by atoms with Crippen LogP contribution in [0.3, 0.4) is 0 Å². The van der Waals surface area contributed by atoms with Gasteiger partial charge in [0.1, 0.15) is 12.4 Å². The molecule has 0 bridgehead atoms. The van der Waals surface area contributed by atoms with E-state index in [1.807, 2.05) is 12.2 Å². The quantitative estimate of drug-likeness (QED) is 0.0347. The number of ketones is 1. The van der Waals surface area contributed by atoms with E-state index in [1.165, 1.54) is 77.0 Å². The molecule has 8 heteroatoms. The molecule has 1 aliphatic rings. The highest BCUT2D eigenvalue weighted by molar-refractivity contribution is 5.84. The average molecular weight is 721 g/mol. The Morgan fingerprint density at radius 3 is 1.94 bits per heavy atom. The minimum Gasteiger partial charge on any atom is -0.462 e. The maximum Gasteiger partial charge on any atom is 0.306 e. The van der Waals surface area contributed by atoms with Crippen LogP contribution in [0.4, 0.5) is 0 Å². The van der Waals surface area contributed by atoms with Crippen molar-refractivity contribution in [2.24, 2.45) is 17.8 Å². The maximum absolute atomic E-state index is 12.5. The number of esters is 2. The van der Waals surface area contributed by atoms with Crippen molar-refractivity contribution in [1.29, 1.82) is 0 Å². The molecule has 8 nitrogen and oxygen atoms in total. The monoisotopic (exact) mass is 721 g/mol. The van der Waals surface area contributed by atoms with Crippen molar-refractivity contribution in [3.8, 4) is 0 Å². The lowest BCUT2D eigenvalue weighted by atomic mass is 9.90. The molecule has 51 heavy (non-hydrogen) atoms. The fourth-order valence-electron chi connectivity index (χ4n) is 6.78. The number of allylic oxidation sites excluding steroid dienone is 2. The van der Waals surface area contributed by atoms with Gasteiger partial charge < -0.3 is 24.8 Å². The Hall–Kier alpha value is -2.03. The molecule has 3 N–H and O–H groups in total. The standard InChI is InChI=1S/C43H76O8/c1-4-5-20-26-36(45)30-31-39-38(40(46)32-41(39)47)27-22-18-19-24-29-43(49)51-37(33-44)34-50-42(48)28-23-17-15-13-11-9-7-6-8-10-12-14-16-21-25-35(2)3/h18,22,30-31,35-39,41,44-45,47H,4-17,19-21,23-29,32-34H2,1-3H3/b22-18-,31-30+/t36-,37-,38+,39+,41+/m0/s1. The van der Waals surface area contributed by atoms with Gasteiger partial charge in [0.25, 0.3) is 0 Å². The zero-order valence-corrected chi connectivity index (χ0v) is 32.7. The molecule has 0 spiro atoms. The summed E-state index contributed by atoms with van der Waals surface area (Å²) in [5.74, 6) is -0.543. The Bertz CT molecular complexity index is 944. The fourth-order valence-corrected chi connectivity index (χ4v) is 6.78. The van der Waals surface area contributed by atoms with E-state index in [1.54, 1.807) is 12.2 Å². The highest BCUT2D eigenvalue weighted by Crippen LogP contribution is 2.33. The molecule has 296 valence electrons. The second kappa shape index (κ2) is 31.5. The Balaban J connectivity index is 2.08. The van der Waals surface area contributed by atoms with E-state index in [2.05, 4.69) is 20.8 Å². The van der Waals surface area contributed by atoms with E-state index < -0.39 is 30.9 Å². The van der Waals surface area contributed by atoms with Gasteiger partial charge in [-0.25, -0.2) is 0 Å². The molecule has 0 aliphatic heterocycles. The molecule has 0 radical (unpaired) electrons. The smallest absolute Gasteiger partial charge is 0.306 e. The average Bonchev–Trinajstić information content (AvgIpc) is 3.37. The molecular formula is C43H76O8. The van der Waals surface area contributed by atoms with Crippen LogP contribution in [-0.4, -0.2) is 64.6 Å². The summed E-state index contributed by atoms with van der Waals surface area (Å²) in [4.78, 5) is 36.9. The molecule has 0 amide bonds. The van der Waals surface area contributed by atoms with Crippen molar-refractivity contribution < 1.29 is 39.2 Å². The van der Waals surface area contributed by atoms with Crippen molar-refractivity contribution in [3.05, 3.63) is 24.3 Å². The summed E-state index contributed by atoms with van der Waals surface area (Å²) in [5, 5.41) is 30.2. The van der Waals surface area contributed by atoms with Crippen molar-refractivity contribution in [2.45, 2.75) is 200 Å². The van der Waals surface area contributed by atoms with Crippen molar-refractivity contribution >= 4 is 17.7 Å². The molecule has 0 saturated heterocycles. The molecular weight excluding hydrogens is 644 g/mol. The zero-order valence-electron chi connectivity index (χ0n) is 32.7. The number of carbonyl (C=O) groups excluding carboxylic acids is 3. The first-order valence-corrected chi connectivity index (χ1v) is 20.9. The molecule has 5 atom stereocenters. The van der Waals surface area contributed by atoms with E-state index >= 15 is 0 Å². The minimum absolute atomic E-state index is 0.0291. The highest BCUT2D eigenvalue weighted by Gasteiger charge is 2.39. The third kappa shape index (κ3) is 25.6. The summed E-state index contributed by atoms with van der Waals surface area (Å²) in [5.41, 5.74) is 0.